The second-order valence-electron chi connectivity index (χ2n) is 8.36. The number of methoxy groups -OCH3 is 4. The van der Waals surface area contributed by atoms with Crippen molar-refractivity contribution in [3.05, 3.63) is 47.5 Å². The van der Waals surface area contributed by atoms with Crippen LogP contribution in [0.15, 0.2) is 36.4 Å². The van der Waals surface area contributed by atoms with Crippen LogP contribution in [-0.2, 0) is 11.8 Å². The number of nitriles is 1. The predicted octanol–water partition coefficient (Wildman–Crippen LogP) is 5.66. The minimum atomic E-state index is -0.529. The highest BCUT2D eigenvalue weighted by atomic mass is 35.5. The first-order valence-corrected chi connectivity index (χ1v) is 11.5. The molecule has 2 aromatic rings. The molecule has 7 heteroatoms. The molecular weight excluding hydrogens is 452 g/mol. The van der Waals surface area contributed by atoms with Crippen molar-refractivity contribution in [1.29, 1.82) is 5.26 Å². The summed E-state index contributed by atoms with van der Waals surface area (Å²) in [4.78, 5) is 2.32. The van der Waals surface area contributed by atoms with Crippen LogP contribution in [0.4, 0.5) is 0 Å². The highest BCUT2D eigenvalue weighted by Gasteiger charge is 2.32. The van der Waals surface area contributed by atoms with Crippen molar-refractivity contribution in [3.8, 4) is 29.1 Å². The molecule has 0 aliphatic rings. The molecule has 0 heterocycles. The topological polar surface area (TPSA) is 64.0 Å². The number of nitrogens with zero attached hydrogens (tertiary/aromatic N) is 2. The maximum atomic E-state index is 10.2. The van der Waals surface area contributed by atoms with Crippen molar-refractivity contribution in [2.45, 2.75) is 44.4 Å². The molecule has 0 N–H and O–H groups in total. The van der Waals surface area contributed by atoms with E-state index in [1.165, 1.54) is 5.56 Å². The molecule has 0 bridgehead atoms. The summed E-state index contributed by atoms with van der Waals surface area (Å²) < 4.78 is 21.6. The fourth-order valence-electron chi connectivity index (χ4n) is 4.27. The number of hydrogen-bond acceptors (Lipinski definition) is 6. The zero-order valence-electron chi connectivity index (χ0n) is 21.3. The van der Waals surface area contributed by atoms with Gasteiger partial charge < -0.3 is 23.8 Å². The molecule has 2 aromatic carbocycles. The van der Waals surface area contributed by atoms with E-state index in [2.05, 4.69) is 31.0 Å². The van der Waals surface area contributed by atoms with Crippen LogP contribution in [0.3, 0.4) is 0 Å². The number of rotatable bonds is 14. The molecular formula is C27H39ClN2O4. The van der Waals surface area contributed by atoms with Crippen molar-refractivity contribution in [2.75, 3.05) is 48.6 Å². The van der Waals surface area contributed by atoms with Crippen LogP contribution >= 0.6 is 12.4 Å². The first-order valence-electron chi connectivity index (χ1n) is 11.5. The Hall–Kier alpha value is -2.62. The third-order valence-electron chi connectivity index (χ3n) is 6.20. The lowest BCUT2D eigenvalue weighted by molar-refractivity contribution is 0.310. The fraction of sp³-hybridized carbons (Fsp3) is 0.519. The Morgan fingerprint density at radius 2 is 1.41 bits per heavy atom. The summed E-state index contributed by atoms with van der Waals surface area (Å²) in [5.74, 6) is 2.84. The van der Waals surface area contributed by atoms with E-state index in [1.54, 1.807) is 28.4 Å². The van der Waals surface area contributed by atoms with E-state index in [0.717, 1.165) is 62.3 Å². The Morgan fingerprint density at radius 3 is 1.97 bits per heavy atom. The summed E-state index contributed by atoms with van der Waals surface area (Å²) in [5.41, 5.74) is 1.68. The van der Waals surface area contributed by atoms with Crippen molar-refractivity contribution < 1.29 is 18.9 Å². The maximum absolute atomic E-state index is 10.2. The molecule has 0 amide bonds. The average Bonchev–Trinajstić information content (AvgIpc) is 2.86. The third kappa shape index (κ3) is 7.44. The van der Waals surface area contributed by atoms with Crippen molar-refractivity contribution in [3.63, 3.8) is 0 Å². The summed E-state index contributed by atoms with van der Waals surface area (Å²) >= 11 is 0. The molecule has 2 rings (SSSR count). The molecule has 0 aromatic heterocycles. The first-order chi connectivity index (χ1) is 16.0. The van der Waals surface area contributed by atoms with E-state index >= 15 is 0 Å². The second kappa shape index (κ2) is 14.6. The summed E-state index contributed by atoms with van der Waals surface area (Å²) in [7, 11) is 8.68. The molecule has 0 saturated heterocycles. The highest BCUT2D eigenvalue weighted by Crippen LogP contribution is 2.38. The van der Waals surface area contributed by atoms with Gasteiger partial charge in [-0.05, 0) is 74.7 Å². The van der Waals surface area contributed by atoms with Gasteiger partial charge in [0, 0.05) is 6.54 Å². The smallest absolute Gasteiger partial charge is 0.161 e. The van der Waals surface area contributed by atoms with Crippen LogP contribution in [-0.4, -0.2) is 53.5 Å². The van der Waals surface area contributed by atoms with Gasteiger partial charge in [0.25, 0.3) is 0 Å². The Balaban J connectivity index is 0.00000578. The van der Waals surface area contributed by atoms with E-state index in [-0.39, 0.29) is 12.4 Å². The number of hydrogen-bond donors (Lipinski definition) is 0. The zero-order chi connectivity index (χ0) is 24.3. The average molecular weight is 491 g/mol. The summed E-state index contributed by atoms with van der Waals surface area (Å²) in [6, 6.07) is 14.5. The summed E-state index contributed by atoms with van der Waals surface area (Å²) in [6.07, 6.45) is 4.41. The molecule has 1 atom stereocenters. The van der Waals surface area contributed by atoms with Crippen LogP contribution in [0, 0.1) is 11.3 Å². The Kier molecular flexibility index (Phi) is 12.6. The van der Waals surface area contributed by atoms with Crippen LogP contribution in [0.1, 0.15) is 43.7 Å². The molecule has 0 aliphatic heterocycles. The Labute approximate surface area is 211 Å². The summed E-state index contributed by atoms with van der Waals surface area (Å²) in [6.45, 7) is 3.98. The van der Waals surface area contributed by atoms with Gasteiger partial charge >= 0.3 is 0 Å². The van der Waals surface area contributed by atoms with E-state index in [0.29, 0.717) is 11.5 Å². The van der Waals surface area contributed by atoms with Gasteiger partial charge in [0.05, 0.1) is 39.9 Å². The van der Waals surface area contributed by atoms with Gasteiger partial charge in [-0.25, -0.2) is 0 Å². The second-order valence-corrected chi connectivity index (χ2v) is 8.36. The fourth-order valence-corrected chi connectivity index (χ4v) is 4.27. The minimum absolute atomic E-state index is 0. The number of ether oxygens (including phenoxy) is 4. The monoisotopic (exact) mass is 490 g/mol. The van der Waals surface area contributed by atoms with Gasteiger partial charge in [0.2, 0.25) is 0 Å². The van der Waals surface area contributed by atoms with Gasteiger partial charge in [-0.3, -0.25) is 0 Å². The Bertz CT molecular complexity index is 931. The van der Waals surface area contributed by atoms with Gasteiger partial charge in [0.1, 0.15) is 0 Å². The lowest BCUT2D eigenvalue weighted by atomic mass is 9.74. The minimum Gasteiger partial charge on any atom is -0.493 e. The normalized spacial score (nSPS) is 12.3. The maximum Gasteiger partial charge on any atom is 0.161 e. The lowest BCUT2D eigenvalue weighted by Gasteiger charge is -2.28. The molecule has 34 heavy (non-hydrogen) atoms. The quantitative estimate of drug-likeness (QED) is 0.340. The van der Waals surface area contributed by atoms with Crippen molar-refractivity contribution >= 4 is 12.4 Å². The van der Waals surface area contributed by atoms with Crippen LogP contribution in [0.25, 0.3) is 0 Å². The van der Waals surface area contributed by atoms with Gasteiger partial charge in [0.15, 0.2) is 23.0 Å². The molecule has 0 radical (unpaired) electrons. The number of likely N-dealkylation sites (N-methyl/N-ethyl adjacent to an activating group) is 1. The molecule has 0 saturated carbocycles. The Morgan fingerprint density at radius 1 is 0.824 bits per heavy atom. The van der Waals surface area contributed by atoms with Crippen LogP contribution in [0.2, 0.25) is 0 Å². The van der Waals surface area contributed by atoms with Gasteiger partial charge in [-0.15, -0.1) is 12.4 Å². The predicted molar refractivity (Wildman–Crippen MR) is 139 cm³/mol. The van der Waals surface area contributed by atoms with E-state index in [9.17, 15) is 5.26 Å². The van der Waals surface area contributed by atoms with E-state index in [1.807, 2.05) is 30.3 Å². The van der Waals surface area contributed by atoms with E-state index < -0.39 is 5.41 Å². The van der Waals surface area contributed by atoms with Gasteiger partial charge in [-0.2, -0.15) is 5.26 Å². The standard InChI is InChI=1S/C27H38N2O4.ClH/c1-7-14-27(20-28,22-10-12-24(31-4)26(19-22)33-6)15-8-16-29(2)17-13-21-9-11-23(30-3)25(18-21)32-5;/h9-12,18-19H,7-8,13-17H2,1-6H3;1H. The van der Waals surface area contributed by atoms with Gasteiger partial charge in [-0.1, -0.05) is 25.5 Å². The zero-order valence-corrected chi connectivity index (χ0v) is 22.2. The molecule has 0 fully saturated rings. The van der Waals surface area contributed by atoms with Crippen LogP contribution < -0.4 is 18.9 Å². The molecule has 6 nitrogen and oxygen atoms in total. The molecule has 0 spiro atoms. The largest absolute Gasteiger partial charge is 0.493 e. The van der Waals surface area contributed by atoms with E-state index in [4.69, 9.17) is 18.9 Å². The lowest BCUT2D eigenvalue weighted by Crippen LogP contribution is -2.28. The SMILES string of the molecule is CCCC(C#N)(CCCN(C)CCc1ccc(OC)c(OC)c1)c1ccc(OC)c(OC)c1.Cl. The molecule has 1 unspecified atom stereocenters. The first kappa shape index (κ1) is 29.4. The molecule has 188 valence electrons. The van der Waals surface area contributed by atoms with Crippen molar-refractivity contribution in [1.82, 2.24) is 4.90 Å². The van der Waals surface area contributed by atoms with Crippen molar-refractivity contribution in [2.24, 2.45) is 0 Å². The number of benzene rings is 2. The highest BCUT2D eigenvalue weighted by molar-refractivity contribution is 5.85. The summed E-state index contributed by atoms with van der Waals surface area (Å²) in [5, 5.41) is 10.2. The third-order valence-corrected chi connectivity index (χ3v) is 6.20. The molecule has 0 aliphatic carbocycles. The van der Waals surface area contributed by atoms with Crippen LogP contribution in [0.5, 0.6) is 23.0 Å². The number of halogens is 1.